The second kappa shape index (κ2) is 9.38. The number of hydrogen-bond acceptors (Lipinski definition) is 2. The number of rotatable bonds is 9. The topological polar surface area (TPSA) is 18.5 Å². The third kappa shape index (κ3) is 4.64. The van der Waals surface area contributed by atoms with Crippen molar-refractivity contribution in [1.29, 1.82) is 0 Å². The highest BCUT2D eigenvalue weighted by Gasteiger charge is 2.63. The zero-order chi connectivity index (χ0) is 21.1. The van der Waals surface area contributed by atoms with E-state index >= 15 is 0 Å². The Bertz CT molecular complexity index is 448. The van der Waals surface area contributed by atoms with Crippen LogP contribution >= 0.6 is 0 Å². The summed E-state index contributed by atoms with van der Waals surface area (Å²) in [6.07, 6.45) is -1.58. The fourth-order valence-electron chi connectivity index (χ4n) is 4.50. The Hall–Kier alpha value is -0.0662. The van der Waals surface area contributed by atoms with Gasteiger partial charge in [-0.25, -0.2) is 26.3 Å². The Labute approximate surface area is 165 Å². The average molecular weight is 451 g/mol. The summed E-state index contributed by atoms with van der Waals surface area (Å²) in [6.45, 7) is 2.11. The molecule has 0 spiro atoms. The van der Waals surface area contributed by atoms with Gasteiger partial charge in [-0.15, -0.1) is 0 Å². The summed E-state index contributed by atoms with van der Waals surface area (Å²) in [5.74, 6) is 0. The molecule has 0 aromatic heterocycles. The van der Waals surface area contributed by atoms with Crippen LogP contribution in [-0.4, -0.2) is 53.3 Å². The maximum absolute atomic E-state index is 14.6. The molecule has 0 saturated carbocycles. The largest absolute Gasteiger partial charge is 0.410 e. The van der Waals surface area contributed by atoms with Gasteiger partial charge >= 0.3 is 0 Å². The third-order valence-electron chi connectivity index (χ3n) is 6.33. The molecule has 2 nitrogen and oxygen atoms in total. The minimum absolute atomic E-state index is 0.0372. The Morgan fingerprint density at radius 1 is 0.714 bits per heavy atom. The second-order valence-electron chi connectivity index (χ2n) is 8.28. The fraction of sp³-hybridized carbons (Fsp3) is 1.00. The van der Waals surface area contributed by atoms with E-state index in [4.69, 9.17) is 8.85 Å². The summed E-state index contributed by atoms with van der Waals surface area (Å²) >= 11 is 0. The lowest BCUT2D eigenvalue weighted by molar-refractivity contribution is -0.0223. The molecule has 0 radical (unpaired) electrons. The lowest BCUT2D eigenvalue weighted by Crippen LogP contribution is -2.61. The molecule has 0 bridgehead atoms. The van der Waals surface area contributed by atoms with E-state index in [0.29, 0.717) is 25.7 Å². The Kier molecular flexibility index (Phi) is 8.11. The summed E-state index contributed by atoms with van der Waals surface area (Å²) in [7, 11) is -7.29. The molecule has 2 rings (SSSR count). The number of unbranched alkanes of at least 4 members (excludes halogenated alkanes) is 1. The summed E-state index contributed by atoms with van der Waals surface area (Å²) in [6, 6.07) is 0.445. The van der Waals surface area contributed by atoms with E-state index in [-0.39, 0.29) is 50.2 Å². The quantitative estimate of drug-likeness (QED) is 0.232. The van der Waals surface area contributed by atoms with Crippen LogP contribution in [0.3, 0.4) is 0 Å². The van der Waals surface area contributed by atoms with Gasteiger partial charge in [0.25, 0.3) is 27.7 Å². The highest BCUT2D eigenvalue weighted by Crippen LogP contribution is 2.45. The van der Waals surface area contributed by atoms with E-state index in [1.807, 2.05) is 0 Å². The first-order valence-electron chi connectivity index (χ1n) is 10.3. The molecule has 10 heteroatoms. The summed E-state index contributed by atoms with van der Waals surface area (Å²) in [4.78, 5) is 0. The van der Waals surface area contributed by atoms with Crippen LogP contribution in [0.2, 0.25) is 24.2 Å². The molecule has 0 N–H and O–H groups in total. The van der Waals surface area contributed by atoms with E-state index in [2.05, 4.69) is 0 Å². The third-order valence-corrected chi connectivity index (χ3v) is 15.7. The maximum Gasteiger partial charge on any atom is 0.287 e. The molecule has 0 aromatic rings. The minimum Gasteiger partial charge on any atom is -0.410 e. The van der Waals surface area contributed by atoms with E-state index in [1.54, 1.807) is 0 Å². The monoisotopic (exact) mass is 450 g/mol. The molecule has 2 fully saturated rings. The van der Waals surface area contributed by atoms with E-state index in [1.165, 1.54) is 0 Å². The first kappa shape index (κ1) is 24.2. The number of alkyl halides is 6. The molecule has 0 aliphatic carbocycles. The Morgan fingerprint density at radius 3 is 1.32 bits per heavy atom. The van der Waals surface area contributed by atoms with Gasteiger partial charge in [0.05, 0.1) is 0 Å². The van der Waals surface area contributed by atoms with Crippen molar-refractivity contribution in [2.45, 2.75) is 100.0 Å². The van der Waals surface area contributed by atoms with Crippen LogP contribution in [0.5, 0.6) is 0 Å². The zero-order valence-corrected chi connectivity index (χ0v) is 18.7. The second-order valence-corrected chi connectivity index (χ2v) is 16.2. The van der Waals surface area contributed by atoms with Crippen LogP contribution in [0.25, 0.3) is 0 Å². The molecule has 4 atom stereocenters. The van der Waals surface area contributed by atoms with Crippen LogP contribution in [0, 0.1) is 0 Å². The predicted molar refractivity (Wildman–Crippen MR) is 101 cm³/mol. The maximum atomic E-state index is 14.6. The highest BCUT2D eigenvalue weighted by atomic mass is 28.4. The van der Waals surface area contributed by atoms with Crippen molar-refractivity contribution in [3.8, 4) is 0 Å². The van der Waals surface area contributed by atoms with Gasteiger partial charge in [0, 0.05) is 13.2 Å². The van der Waals surface area contributed by atoms with Crippen molar-refractivity contribution in [3.63, 3.8) is 0 Å². The predicted octanol–water partition coefficient (Wildman–Crippen LogP) is 6.34. The van der Waals surface area contributed by atoms with Gasteiger partial charge in [0.15, 0.2) is 12.3 Å². The SMILES string of the molecule is CC(F)C(F)(F)[Si]1(CCCC[Si]2(C(F)(F)C(C)F)CCCCO2)CCCCO1. The van der Waals surface area contributed by atoms with Gasteiger partial charge in [-0.05, 0) is 50.9 Å². The van der Waals surface area contributed by atoms with Crippen molar-refractivity contribution in [1.82, 2.24) is 0 Å². The van der Waals surface area contributed by atoms with Gasteiger partial charge < -0.3 is 8.85 Å². The smallest absolute Gasteiger partial charge is 0.287 e. The van der Waals surface area contributed by atoms with Gasteiger partial charge in [0.2, 0.25) is 0 Å². The highest BCUT2D eigenvalue weighted by molar-refractivity contribution is 6.77. The van der Waals surface area contributed by atoms with Gasteiger partial charge in [-0.2, -0.15) is 0 Å². The van der Waals surface area contributed by atoms with E-state index in [0.717, 1.165) is 13.8 Å². The Balaban J connectivity index is 2.05. The van der Waals surface area contributed by atoms with Crippen molar-refractivity contribution in [3.05, 3.63) is 0 Å². The van der Waals surface area contributed by atoms with Gasteiger partial charge in [0.1, 0.15) is 0 Å². The number of hydrogen-bond donors (Lipinski definition) is 0. The van der Waals surface area contributed by atoms with Gasteiger partial charge in [-0.1, -0.05) is 25.7 Å². The first-order chi connectivity index (χ1) is 13.0. The molecule has 0 amide bonds. The van der Waals surface area contributed by atoms with E-state index in [9.17, 15) is 26.3 Å². The molecule has 4 unspecified atom stereocenters. The van der Waals surface area contributed by atoms with Crippen LogP contribution < -0.4 is 0 Å². The summed E-state index contributed by atoms with van der Waals surface area (Å²) in [5.41, 5.74) is -7.00. The lowest BCUT2D eigenvalue weighted by atomic mass is 10.3. The number of halogens is 6. The molecule has 2 aliphatic heterocycles. The Morgan fingerprint density at radius 2 is 1.07 bits per heavy atom. The summed E-state index contributed by atoms with van der Waals surface area (Å²) in [5, 5.41) is 0. The van der Waals surface area contributed by atoms with Crippen LogP contribution in [-0.2, 0) is 8.85 Å². The van der Waals surface area contributed by atoms with Crippen molar-refractivity contribution in [2.75, 3.05) is 13.2 Å². The molecule has 28 heavy (non-hydrogen) atoms. The minimum atomic E-state index is -3.65. The van der Waals surface area contributed by atoms with Crippen LogP contribution in [0.1, 0.15) is 52.4 Å². The van der Waals surface area contributed by atoms with Crippen LogP contribution in [0.4, 0.5) is 26.3 Å². The molecule has 2 saturated heterocycles. The summed E-state index contributed by atoms with van der Waals surface area (Å²) < 4.78 is 96.9. The fourth-order valence-corrected chi connectivity index (χ4v) is 13.1. The van der Waals surface area contributed by atoms with Crippen molar-refractivity contribution >= 4 is 16.6 Å². The van der Waals surface area contributed by atoms with Gasteiger partial charge in [-0.3, -0.25) is 0 Å². The first-order valence-corrected chi connectivity index (χ1v) is 15.0. The lowest BCUT2D eigenvalue weighted by Gasteiger charge is -2.42. The molecule has 166 valence electrons. The van der Waals surface area contributed by atoms with E-state index < -0.39 is 40.1 Å². The normalized spacial score (nSPS) is 32.1. The average Bonchev–Trinajstić information content (AvgIpc) is 2.66. The molecule has 2 heterocycles. The molecule has 0 aromatic carbocycles. The molecule has 2 aliphatic rings. The van der Waals surface area contributed by atoms with Crippen LogP contribution in [0.15, 0.2) is 0 Å². The molecular formula is C18H32F6O2Si2. The van der Waals surface area contributed by atoms with Crippen molar-refractivity contribution < 1.29 is 35.2 Å². The zero-order valence-electron chi connectivity index (χ0n) is 16.7. The van der Waals surface area contributed by atoms with Crippen molar-refractivity contribution in [2.24, 2.45) is 0 Å². The standard InChI is InChI=1S/C18H32F6O2Si2/c1-15(19)17(21,22)27(11-5-3-9-25-27)13-7-8-14-28(12-6-4-10-26-28)18(23,24)16(2)20/h15-16H,3-14H2,1-2H3. The molecular weight excluding hydrogens is 418 g/mol.